The molecule has 2 heterocycles. The summed E-state index contributed by atoms with van der Waals surface area (Å²) in [4.78, 5) is 8.01. The van der Waals surface area contributed by atoms with E-state index in [1.807, 2.05) is 29.3 Å². The third-order valence-corrected chi connectivity index (χ3v) is 4.92. The van der Waals surface area contributed by atoms with E-state index in [0.717, 1.165) is 37.0 Å². The van der Waals surface area contributed by atoms with Gasteiger partial charge in [-0.3, -0.25) is 4.68 Å². The number of nitrogens with zero attached hydrogens (tertiary/aromatic N) is 4. The number of nitrogens with one attached hydrogen (secondary N) is 1. The molecular formula is C18H23N5S. The van der Waals surface area contributed by atoms with E-state index >= 15 is 0 Å². The van der Waals surface area contributed by atoms with Gasteiger partial charge in [0.05, 0.1) is 25.0 Å². The van der Waals surface area contributed by atoms with Gasteiger partial charge in [0.25, 0.3) is 0 Å². The second-order valence-corrected chi connectivity index (χ2v) is 6.64. The molecule has 0 aliphatic carbocycles. The highest BCUT2D eigenvalue weighted by molar-refractivity contribution is 7.15. The zero-order valence-corrected chi connectivity index (χ0v) is 15.0. The Kier molecular flexibility index (Phi) is 5.48. The molecule has 0 bridgehead atoms. The zero-order chi connectivity index (χ0) is 16.8. The van der Waals surface area contributed by atoms with Crippen LogP contribution < -0.4 is 10.2 Å². The minimum Gasteiger partial charge on any atom is -0.378 e. The molecule has 0 fully saturated rings. The summed E-state index contributed by atoms with van der Waals surface area (Å²) in [7, 11) is 0. The molecule has 0 unspecified atom stereocenters. The van der Waals surface area contributed by atoms with E-state index in [9.17, 15) is 0 Å². The van der Waals surface area contributed by atoms with Crippen LogP contribution in [0.2, 0.25) is 0 Å². The highest BCUT2D eigenvalue weighted by Crippen LogP contribution is 2.23. The van der Waals surface area contributed by atoms with Crippen LogP contribution in [0, 0.1) is 0 Å². The Hall–Kier alpha value is -2.34. The second-order valence-electron chi connectivity index (χ2n) is 5.55. The number of benzene rings is 1. The van der Waals surface area contributed by atoms with Crippen LogP contribution in [0.1, 0.15) is 24.3 Å². The lowest BCUT2D eigenvalue weighted by atomic mass is 10.2. The van der Waals surface area contributed by atoms with Gasteiger partial charge in [0.2, 0.25) is 0 Å². The quantitative estimate of drug-likeness (QED) is 0.676. The molecule has 3 rings (SSSR count). The number of hydrogen-bond donors (Lipinski definition) is 1. The maximum atomic E-state index is 4.52. The van der Waals surface area contributed by atoms with Gasteiger partial charge in [-0.15, -0.1) is 11.3 Å². The first-order valence-electron chi connectivity index (χ1n) is 8.28. The van der Waals surface area contributed by atoms with Crippen molar-refractivity contribution in [3.8, 4) is 0 Å². The summed E-state index contributed by atoms with van der Waals surface area (Å²) >= 11 is 1.74. The van der Waals surface area contributed by atoms with Crippen molar-refractivity contribution in [2.75, 3.05) is 23.3 Å². The van der Waals surface area contributed by atoms with E-state index in [1.165, 1.54) is 10.4 Å². The normalized spacial score (nSPS) is 10.8. The van der Waals surface area contributed by atoms with Crippen LogP contribution in [0.5, 0.6) is 0 Å². The maximum Gasteiger partial charge on any atom is 0.185 e. The van der Waals surface area contributed by atoms with E-state index in [4.69, 9.17) is 0 Å². The first kappa shape index (κ1) is 16.5. The molecule has 0 spiro atoms. The molecule has 1 N–H and O–H groups in total. The molecule has 0 aliphatic heterocycles. The summed E-state index contributed by atoms with van der Waals surface area (Å²) < 4.78 is 1.95. The molecule has 6 heteroatoms. The van der Waals surface area contributed by atoms with Crippen molar-refractivity contribution in [3.05, 3.63) is 59.4 Å². The van der Waals surface area contributed by atoms with Gasteiger partial charge in [-0.1, -0.05) is 30.3 Å². The van der Waals surface area contributed by atoms with Crippen LogP contribution in [0.25, 0.3) is 0 Å². The Morgan fingerprint density at radius 1 is 1.12 bits per heavy atom. The summed E-state index contributed by atoms with van der Waals surface area (Å²) in [5.41, 5.74) is 2.28. The molecule has 0 aliphatic rings. The van der Waals surface area contributed by atoms with Gasteiger partial charge < -0.3 is 10.2 Å². The van der Waals surface area contributed by atoms with Gasteiger partial charge in [0, 0.05) is 30.4 Å². The van der Waals surface area contributed by atoms with Crippen LogP contribution in [-0.2, 0) is 13.1 Å². The lowest BCUT2D eigenvalue weighted by molar-refractivity contribution is 0.687. The van der Waals surface area contributed by atoms with Gasteiger partial charge in [0.1, 0.15) is 0 Å². The molecule has 126 valence electrons. The van der Waals surface area contributed by atoms with Crippen molar-refractivity contribution in [1.29, 1.82) is 0 Å². The lowest BCUT2D eigenvalue weighted by Gasteiger charge is -2.16. The van der Waals surface area contributed by atoms with Gasteiger partial charge in [-0.25, -0.2) is 4.98 Å². The first-order chi connectivity index (χ1) is 11.8. The number of hydrogen-bond acceptors (Lipinski definition) is 5. The van der Waals surface area contributed by atoms with Crippen molar-refractivity contribution < 1.29 is 0 Å². The lowest BCUT2D eigenvalue weighted by Crippen LogP contribution is -2.21. The fourth-order valence-electron chi connectivity index (χ4n) is 2.52. The van der Waals surface area contributed by atoms with Gasteiger partial charge in [-0.2, -0.15) is 5.10 Å². The van der Waals surface area contributed by atoms with E-state index in [0.29, 0.717) is 0 Å². The molecule has 3 aromatic rings. The number of anilines is 2. The maximum absolute atomic E-state index is 4.52. The molecule has 0 atom stereocenters. The molecule has 1 aromatic carbocycles. The molecular weight excluding hydrogens is 318 g/mol. The Balaban J connectivity index is 1.56. The summed E-state index contributed by atoms with van der Waals surface area (Å²) in [6.07, 6.45) is 5.87. The topological polar surface area (TPSA) is 46.0 Å². The molecule has 0 amide bonds. The van der Waals surface area contributed by atoms with Crippen LogP contribution >= 0.6 is 11.3 Å². The van der Waals surface area contributed by atoms with Crippen molar-refractivity contribution in [1.82, 2.24) is 14.8 Å². The van der Waals surface area contributed by atoms with Gasteiger partial charge in [0.15, 0.2) is 5.13 Å². The third-order valence-electron chi connectivity index (χ3n) is 3.86. The molecule has 24 heavy (non-hydrogen) atoms. The predicted molar refractivity (Wildman–Crippen MR) is 101 cm³/mol. The number of aromatic nitrogens is 3. The standard InChI is InChI=1S/C18H23N5S/c1-3-22(4-2)18-20-12-17(24-18)11-19-16-10-21-23(14-16)13-15-8-6-5-7-9-15/h5-10,12,14,19H,3-4,11,13H2,1-2H3. The monoisotopic (exact) mass is 341 g/mol. The average molecular weight is 341 g/mol. The van der Waals surface area contributed by atoms with Crippen LogP contribution in [0.4, 0.5) is 10.8 Å². The zero-order valence-electron chi connectivity index (χ0n) is 14.1. The fourth-order valence-corrected chi connectivity index (χ4v) is 3.50. The molecule has 2 aromatic heterocycles. The van der Waals surface area contributed by atoms with Crippen molar-refractivity contribution in [3.63, 3.8) is 0 Å². The van der Waals surface area contributed by atoms with Crippen molar-refractivity contribution in [2.24, 2.45) is 0 Å². The van der Waals surface area contributed by atoms with E-state index in [1.54, 1.807) is 11.3 Å². The van der Waals surface area contributed by atoms with Gasteiger partial charge in [-0.05, 0) is 19.4 Å². The van der Waals surface area contributed by atoms with Crippen molar-refractivity contribution in [2.45, 2.75) is 26.9 Å². The minimum atomic E-state index is 0.774. The Labute approximate surface area is 147 Å². The highest BCUT2D eigenvalue weighted by atomic mass is 32.1. The van der Waals surface area contributed by atoms with Crippen LogP contribution in [-0.4, -0.2) is 27.9 Å². The number of rotatable bonds is 8. The van der Waals surface area contributed by atoms with E-state index < -0.39 is 0 Å². The Morgan fingerprint density at radius 2 is 1.92 bits per heavy atom. The second kappa shape index (κ2) is 7.97. The minimum absolute atomic E-state index is 0.774. The fraction of sp³-hybridized carbons (Fsp3) is 0.333. The average Bonchev–Trinajstić information content (AvgIpc) is 3.25. The third kappa shape index (κ3) is 4.14. The van der Waals surface area contributed by atoms with E-state index in [2.05, 4.69) is 58.4 Å². The SMILES string of the molecule is CCN(CC)c1ncc(CNc2cnn(Cc3ccccc3)c2)s1. The number of thiazole rings is 1. The van der Waals surface area contributed by atoms with Crippen LogP contribution in [0.15, 0.2) is 48.9 Å². The first-order valence-corrected chi connectivity index (χ1v) is 9.10. The summed E-state index contributed by atoms with van der Waals surface area (Å²) in [6, 6.07) is 10.4. The largest absolute Gasteiger partial charge is 0.378 e. The Bertz CT molecular complexity index is 746. The van der Waals surface area contributed by atoms with Gasteiger partial charge >= 0.3 is 0 Å². The van der Waals surface area contributed by atoms with Crippen molar-refractivity contribution >= 4 is 22.2 Å². The molecule has 0 radical (unpaired) electrons. The Morgan fingerprint density at radius 3 is 2.67 bits per heavy atom. The van der Waals surface area contributed by atoms with Crippen LogP contribution in [0.3, 0.4) is 0 Å². The van der Waals surface area contributed by atoms with E-state index in [-0.39, 0.29) is 0 Å². The highest BCUT2D eigenvalue weighted by Gasteiger charge is 2.08. The smallest absolute Gasteiger partial charge is 0.185 e. The predicted octanol–water partition coefficient (Wildman–Crippen LogP) is 3.85. The summed E-state index contributed by atoms with van der Waals surface area (Å²) in [5.74, 6) is 0. The summed E-state index contributed by atoms with van der Waals surface area (Å²) in [5, 5.41) is 8.94. The summed E-state index contributed by atoms with van der Waals surface area (Å²) in [6.45, 7) is 7.85. The molecule has 5 nitrogen and oxygen atoms in total. The molecule has 0 saturated carbocycles. The molecule has 0 saturated heterocycles.